The molecule has 1 aliphatic heterocycles. The van der Waals surface area contributed by atoms with Gasteiger partial charge in [-0.2, -0.15) is 0 Å². The molecule has 1 saturated heterocycles. The fourth-order valence-electron chi connectivity index (χ4n) is 3.31. The van der Waals surface area contributed by atoms with Crippen LogP contribution in [0.1, 0.15) is 30.1 Å². The van der Waals surface area contributed by atoms with Gasteiger partial charge in [-0.1, -0.05) is 13.0 Å². The van der Waals surface area contributed by atoms with Crippen LogP contribution in [-0.4, -0.2) is 50.6 Å². The number of carbonyl (C=O) groups is 4. The number of esters is 2. The van der Waals surface area contributed by atoms with Crippen LogP contribution in [-0.2, 0) is 23.9 Å². The molecule has 0 unspecified atom stereocenters. The van der Waals surface area contributed by atoms with E-state index >= 15 is 0 Å². The Balaban J connectivity index is 1.48. The number of amides is 2. The Kier molecular flexibility index (Phi) is 8.01. The molecular formula is C24H26N2O7. The van der Waals surface area contributed by atoms with Gasteiger partial charge in [-0.15, -0.1) is 0 Å². The number of carbonyl (C=O) groups excluding carboxylic acids is 4. The first-order valence-electron chi connectivity index (χ1n) is 10.6. The highest BCUT2D eigenvalue weighted by Crippen LogP contribution is 2.28. The predicted octanol–water partition coefficient (Wildman–Crippen LogP) is 2.80. The molecule has 2 aromatic rings. The summed E-state index contributed by atoms with van der Waals surface area (Å²) in [5.41, 5.74) is 1.46. The van der Waals surface area contributed by atoms with Gasteiger partial charge >= 0.3 is 11.9 Å². The Bertz CT molecular complexity index is 1020. The zero-order valence-corrected chi connectivity index (χ0v) is 18.5. The third-order valence-corrected chi connectivity index (χ3v) is 5.01. The first kappa shape index (κ1) is 23.8. The SMILES string of the molecule is CCCOC(=O)c1ccc(NC(=O)COC(=O)[C@H]2CC(=O)N(c3cccc(OC)c3)C2)cc1. The second kappa shape index (κ2) is 11.1. The predicted molar refractivity (Wildman–Crippen MR) is 120 cm³/mol. The lowest BCUT2D eigenvalue weighted by atomic mass is 10.1. The number of nitrogens with one attached hydrogen (secondary N) is 1. The van der Waals surface area contributed by atoms with Gasteiger partial charge in [0.15, 0.2) is 6.61 Å². The van der Waals surface area contributed by atoms with Crippen LogP contribution >= 0.6 is 0 Å². The topological polar surface area (TPSA) is 111 Å². The minimum absolute atomic E-state index is 0.00720. The molecule has 1 N–H and O–H groups in total. The van der Waals surface area contributed by atoms with E-state index in [0.717, 1.165) is 6.42 Å². The van der Waals surface area contributed by atoms with Crippen molar-refractivity contribution in [1.29, 1.82) is 0 Å². The lowest BCUT2D eigenvalue weighted by molar-refractivity contribution is -0.151. The minimum Gasteiger partial charge on any atom is -0.497 e. The number of methoxy groups -OCH3 is 1. The molecule has 3 rings (SSSR count). The maximum atomic E-state index is 12.4. The van der Waals surface area contributed by atoms with E-state index in [1.165, 1.54) is 24.1 Å². The Morgan fingerprint density at radius 1 is 1.09 bits per heavy atom. The minimum atomic E-state index is -0.662. The highest BCUT2D eigenvalue weighted by atomic mass is 16.5. The highest BCUT2D eigenvalue weighted by Gasteiger charge is 2.36. The standard InChI is InChI=1S/C24H26N2O7/c1-3-11-32-23(29)16-7-9-18(10-8-16)25-21(27)15-33-24(30)17-12-22(28)26(14-17)19-5-4-6-20(13-19)31-2/h4-10,13,17H,3,11-12,14-15H2,1-2H3,(H,25,27)/t17-/m0/s1. The highest BCUT2D eigenvalue weighted by molar-refractivity contribution is 6.00. The average Bonchev–Trinajstić information content (AvgIpc) is 3.23. The first-order chi connectivity index (χ1) is 15.9. The Labute approximate surface area is 191 Å². The third-order valence-electron chi connectivity index (χ3n) is 5.01. The molecule has 0 aliphatic carbocycles. The molecule has 1 fully saturated rings. The van der Waals surface area contributed by atoms with Crippen molar-refractivity contribution in [2.24, 2.45) is 5.92 Å². The summed E-state index contributed by atoms with van der Waals surface area (Å²) < 4.78 is 15.3. The van der Waals surface area contributed by atoms with Crippen molar-refractivity contribution in [2.75, 3.05) is 37.1 Å². The Morgan fingerprint density at radius 2 is 1.85 bits per heavy atom. The largest absolute Gasteiger partial charge is 0.497 e. The molecule has 174 valence electrons. The van der Waals surface area contributed by atoms with Gasteiger partial charge < -0.3 is 24.4 Å². The van der Waals surface area contributed by atoms with Crippen molar-refractivity contribution in [3.8, 4) is 5.75 Å². The van der Waals surface area contributed by atoms with E-state index in [1.807, 2.05) is 6.92 Å². The second-order valence-corrected chi connectivity index (χ2v) is 7.48. The van der Waals surface area contributed by atoms with Crippen LogP contribution < -0.4 is 15.0 Å². The van der Waals surface area contributed by atoms with Gasteiger partial charge in [0.1, 0.15) is 5.75 Å². The third kappa shape index (κ3) is 6.31. The van der Waals surface area contributed by atoms with Crippen LogP contribution in [0.15, 0.2) is 48.5 Å². The van der Waals surface area contributed by atoms with E-state index in [4.69, 9.17) is 14.2 Å². The van der Waals surface area contributed by atoms with Crippen LogP contribution in [0.3, 0.4) is 0 Å². The van der Waals surface area contributed by atoms with Crippen LogP contribution in [0.5, 0.6) is 5.75 Å². The molecule has 9 heteroatoms. The molecule has 0 radical (unpaired) electrons. The van der Waals surface area contributed by atoms with Crippen molar-refractivity contribution in [3.05, 3.63) is 54.1 Å². The maximum Gasteiger partial charge on any atom is 0.338 e. The zero-order valence-electron chi connectivity index (χ0n) is 18.5. The smallest absolute Gasteiger partial charge is 0.338 e. The second-order valence-electron chi connectivity index (χ2n) is 7.48. The van der Waals surface area contributed by atoms with Gasteiger partial charge in [-0.25, -0.2) is 4.79 Å². The number of hydrogen-bond acceptors (Lipinski definition) is 7. The van der Waals surface area contributed by atoms with Crippen LogP contribution in [0.4, 0.5) is 11.4 Å². The van der Waals surface area contributed by atoms with E-state index in [2.05, 4.69) is 5.32 Å². The van der Waals surface area contributed by atoms with E-state index in [0.29, 0.717) is 29.3 Å². The summed E-state index contributed by atoms with van der Waals surface area (Å²) in [6, 6.07) is 13.2. The molecule has 0 aromatic heterocycles. The van der Waals surface area contributed by atoms with Crippen LogP contribution in [0.25, 0.3) is 0 Å². The van der Waals surface area contributed by atoms with Gasteiger partial charge in [-0.3, -0.25) is 14.4 Å². The molecule has 0 bridgehead atoms. The van der Waals surface area contributed by atoms with Gasteiger partial charge in [0.25, 0.3) is 5.91 Å². The van der Waals surface area contributed by atoms with Crippen molar-refractivity contribution in [2.45, 2.75) is 19.8 Å². The molecule has 33 heavy (non-hydrogen) atoms. The monoisotopic (exact) mass is 454 g/mol. The molecule has 2 aromatic carbocycles. The number of benzene rings is 2. The number of nitrogens with zero attached hydrogens (tertiary/aromatic N) is 1. The summed E-state index contributed by atoms with van der Waals surface area (Å²) in [7, 11) is 1.53. The fourth-order valence-corrected chi connectivity index (χ4v) is 3.31. The summed E-state index contributed by atoms with van der Waals surface area (Å²) in [5, 5.41) is 2.59. The van der Waals surface area contributed by atoms with Crippen molar-refractivity contribution in [3.63, 3.8) is 0 Å². The molecule has 2 amide bonds. The Hall–Kier alpha value is -3.88. The van der Waals surface area contributed by atoms with E-state index < -0.39 is 30.4 Å². The summed E-state index contributed by atoms with van der Waals surface area (Å²) >= 11 is 0. The first-order valence-corrected chi connectivity index (χ1v) is 10.6. The molecule has 1 aliphatic rings. The zero-order chi connectivity index (χ0) is 23.8. The quantitative estimate of drug-likeness (QED) is 0.580. The number of hydrogen-bond donors (Lipinski definition) is 1. The Morgan fingerprint density at radius 3 is 2.55 bits per heavy atom. The molecule has 0 spiro atoms. The number of rotatable bonds is 9. The normalized spacial score (nSPS) is 15.2. The van der Waals surface area contributed by atoms with Crippen molar-refractivity contribution < 1.29 is 33.4 Å². The van der Waals surface area contributed by atoms with E-state index in [9.17, 15) is 19.2 Å². The van der Waals surface area contributed by atoms with Gasteiger partial charge in [0, 0.05) is 30.4 Å². The molecule has 1 heterocycles. The maximum absolute atomic E-state index is 12.4. The van der Waals surface area contributed by atoms with Gasteiger partial charge in [0.05, 0.1) is 25.2 Å². The van der Waals surface area contributed by atoms with Gasteiger partial charge in [-0.05, 0) is 42.8 Å². The number of ether oxygens (including phenoxy) is 3. The molecular weight excluding hydrogens is 428 g/mol. The molecule has 0 saturated carbocycles. The summed E-state index contributed by atoms with van der Waals surface area (Å²) in [6.07, 6.45) is 0.736. The molecule has 9 nitrogen and oxygen atoms in total. The summed E-state index contributed by atoms with van der Waals surface area (Å²) in [6.45, 7) is 1.93. The van der Waals surface area contributed by atoms with E-state index in [-0.39, 0.29) is 18.9 Å². The summed E-state index contributed by atoms with van der Waals surface area (Å²) in [4.78, 5) is 50.2. The lowest BCUT2D eigenvalue weighted by Gasteiger charge is -2.17. The van der Waals surface area contributed by atoms with Crippen molar-refractivity contribution >= 4 is 35.1 Å². The van der Waals surface area contributed by atoms with Gasteiger partial charge in [0.2, 0.25) is 5.91 Å². The number of anilines is 2. The fraction of sp³-hybridized carbons (Fsp3) is 0.333. The lowest BCUT2D eigenvalue weighted by Crippen LogP contribution is -2.28. The van der Waals surface area contributed by atoms with E-state index in [1.54, 1.807) is 36.4 Å². The van der Waals surface area contributed by atoms with Crippen LogP contribution in [0.2, 0.25) is 0 Å². The summed E-state index contributed by atoms with van der Waals surface area (Å²) in [5.74, 6) is -1.83. The van der Waals surface area contributed by atoms with Crippen molar-refractivity contribution in [1.82, 2.24) is 0 Å². The van der Waals surface area contributed by atoms with Crippen LogP contribution in [0, 0.1) is 5.92 Å². The average molecular weight is 454 g/mol. The molecule has 1 atom stereocenters.